The van der Waals surface area contributed by atoms with Crippen LogP contribution in [0, 0.1) is 5.92 Å². The van der Waals surface area contributed by atoms with Crippen LogP contribution in [0.1, 0.15) is 25.3 Å². The van der Waals surface area contributed by atoms with E-state index in [-0.39, 0.29) is 0 Å². The zero-order valence-corrected chi connectivity index (χ0v) is 16.2. The van der Waals surface area contributed by atoms with Gasteiger partial charge < -0.3 is 0 Å². The van der Waals surface area contributed by atoms with Crippen LogP contribution in [0.4, 0.5) is 0 Å². The average Bonchev–Trinajstić information content (AvgIpc) is 2.75. The number of ether oxygens (including phenoxy) is 1. The summed E-state index contributed by atoms with van der Waals surface area (Å²) in [5, 5.41) is 0. The van der Waals surface area contributed by atoms with Crippen molar-refractivity contribution in [2.45, 2.75) is 53.2 Å². The summed E-state index contributed by atoms with van der Waals surface area (Å²) < 4.78 is 8.67. The summed E-state index contributed by atoms with van der Waals surface area (Å²) in [4.78, 5) is 7.37. The summed E-state index contributed by atoms with van der Waals surface area (Å²) in [6.45, 7) is 2.23. The van der Waals surface area contributed by atoms with E-state index in [1.165, 1.54) is 12.0 Å². The van der Waals surface area contributed by atoms with Gasteiger partial charge in [-0.15, -0.1) is 0 Å². The van der Waals surface area contributed by atoms with Crippen molar-refractivity contribution in [1.29, 1.82) is 0 Å². The summed E-state index contributed by atoms with van der Waals surface area (Å²) in [7, 11) is 0. The Hall–Kier alpha value is -0.281. The van der Waals surface area contributed by atoms with E-state index in [0.29, 0.717) is 18.1 Å². The van der Waals surface area contributed by atoms with Gasteiger partial charge in [0.1, 0.15) is 0 Å². The van der Waals surface area contributed by atoms with Gasteiger partial charge in [0.05, 0.1) is 0 Å². The van der Waals surface area contributed by atoms with Crippen LogP contribution >= 0.6 is 0 Å². The summed E-state index contributed by atoms with van der Waals surface area (Å²) in [5.41, 5.74) is 1.42. The van der Waals surface area contributed by atoms with Gasteiger partial charge in [-0.25, -0.2) is 0 Å². The molecule has 2 rings (SSSR count). The number of benzene rings is 1. The molecule has 1 aliphatic rings. The molecule has 0 radical (unpaired) electrons. The molecule has 110 valence electrons. The molecular weight excluding hydrogens is 351 g/mol. The van der Waals surface area contributed by atoms with Gasteiger partial charge in [0.2, 0.25) is 0 Å². The van der Waals surface area contributed by atoms with E-state index in [1.54, 1.807) is 0 Å². The Morgan fingerprint density at radius 2 is 1.90 bits per heavy atom. The van der Waals surface area contributed by atoms with Crippen LogP contribution < -0.4 is 0 Å². The van der Waals surface area contributed by atoms with Crippen molar-refractivity contribution in [3.63, 3.8) is 0 Å². The van der Waals surface area contributed by atoms with E-state index in [4.69, 9.17) is 4.74 Å². The second kappa shape index (κ2) is 7.13. The Kier molecular flexibility index (Phi) is 5.73. The van der Waals surface area contributed by atoms with Crippen molar-refractivity contribution in [2.75, 3.05) is 0 Å². The molecule has 0 bridgehead atoms. The zero-order valence-electron chi connectivity index (χ0n) is 13.3. The van der Waals surface area contributed by atoms with Crippen LogP contribution in [0.15, 0.2) is 40.5 Å². The van der Waals surface area contributed by atoms with Crippen LogP contribution in [0.3, 0.4) is 0 Å². The van der Waals surface area contributed by atoms with Crippen LogP contribution in [-0.2, 0) is 11.2 Å². The Morgan fingerprint density at radius 1 is 1.20 bits per heavy atom. The van der Waals surface area contributed by atoms with E-state index < -0.39 is 18.4 Å². The molecule has 1 saturated heterocycles. The van der Waals surface area contributed by atoms with Crippen molar-refractivity contribution in [2.24, 2.45) is 5.92 Å². The normalized spacial score (nSPS) is 27.3. The molecule has 0 spiro atoms. The molecule has 1 aromatic rings. The quantitative estimate of drug-likeness (QED) is 0.665. The van der Waals surface area contributed by atoms with Crippen LogP contribution in [-0.4, -0.2) is 30.6 Å². The molecule has 20 heavy (non-hydrogen) atoms. The van der Waals surface area contributed by atoms with Gasteiger partial charge in [-0.3, -0.25) is 0 Å². The first kappa shape index (κ1) is 16.1. The second-order valence-electron chi connectivity index (χ2n) is 7.11. The van der Waals surface area contributed by atoms with Crippen LogP contribution in [0.2, 0.25) is 14.8 Å². The average molecular weight is 379 g/mol. The third-order valence-corrected chi connectivity index (χ3v) is 7.39. The molecule has 0 aromatic heterocycles. The molecule has 1 nitrogen and oxygen atoms in total. The molecule has 1 aliphatic heterocycles. The molecule has 1 fully saturated rings. The van der Waals surface area contributed by atoms with E-state index in [2.05, 4.69) is 62.2 Å². The van der Waals surface area contributed by atoms with Crippen LogP contribution in [0.5, 0.6) is 0 Å². The number of hydrogen-bond donors (Lipinski definition) is 0. The minimum atomic E-state index is -1.77. The first-order valence-electron chi connectivity index (χ1n) is 7.83. The summed E-state index contributed by atoms with van der Waals surface area (Å²) in [6.07, 6.45) is 6.77. The second-order valence-corrected chi connectivity index (χ2v) is 21.6. The van der Waals surface area contributed by atoms with Crippen molar-refractivity contribution in [3.05, 3.63) is 46.1 Å². The van der Waals surface area contributed by atoms with Gasteiger partial charge >= 0.3 is 128 Å². The predicted molar refractivity (Wildman–Crippen MR) is 89.7 cm³/mol. The Bertz CT molecular complexity index is 432. The van der Waals surface area contributed by atoms with Gasteiger partial charge in [-0.05, 0) is 0 Å². The Balaban J connectivity index is 1.83. The Morgan fingerprint density at radius 3 is 2.55 bits per heavy atom. The first-order chi connectivity index (χ1) is 9.44. The molecule has 0 unspecified atom stereocenters. The molecule has 2 heteroatoms. The number of rotatable bonds is 5. The third kappa shape index (κ3) is 5.25. The van der Waals surface area contributed by atoms with Gasteiger partial charge in [-0.1, -0.05) is 0 Å². The summed E-state index contributed by atoms with van der Waals surface area (Å²) in [5.74, 6) is 0.631. The van der Waals surface area contributed by atoms with Crippen molar-refractivity contribution in [1.82, 2.24) is 0 Å². The first-order valence-corrected chi connectivity index (χ1v) is 18.0. The minimum absolute atomic E-state index is 0.390. The predicted octanol–water partition coefficient (Wildman–Crippen LogP) is 4.85. The topological polar surface area (TPSA) is 9.23 Å². The molecule has 0 aliphatic carbocycles. The standard InChI is InChI=1S/C15H19O.3CH3.Sn/c1-3-14-11-15(16-12(14)2)10-9-13-7-5-4-6-8-13;;;;/h1,3-8,12,14-15H,9-11H2,2H3;3*1H3;/t12-,14-,15+;;;;/m1..../s1. The van der Waals surface area contributed by atoms with E-state index in [1.807, 2.05) is 0 Å². The fourth-order valence-corrected chi connectivity index (χ4v) is 5.11. The molecule has 1 aromatic carbocycles. The number of aryl methyl sites for hydroxylation is 1. The fraction of sp³-hybridized carbons (Fsp3) is 0.556. The molecule has 0 saturated carbocycles. The van der Waals surface area contributed by atoms with Crippen molar-refractivity contribution in [3.8, 4) is 0 Å². The van der Waals surface area contributed by atoms with Crippen LogP contribution in [0.25, 0.3) is 0 Å². The van der Waals surface area contributed by atoms with E-state index in [0.717, 1.165) is 12.8 Å². The van der Waals surface area contributed by atoms with Gasteiger partial charge in [0.25, 0.3) is 0 Å². The van der Waals surface area contributed by atoms with Crippen molar-refractivity contribution < 1.29 is 4.74 Å². The Labute approximate surface area is 128 Å². The molecule has 3 atom stereocenters. The molecular formula is C18H28OSn. The SMILES string of the molecule is C[C@H]1O[C@@H](CCc2ccccc2)C[C@H]1/C=[CH]/[Sn]([CH3])([CH3])[CH3]. The molecule has 0 N–H and O–H groups in total. The maximum absolute atomic E-state index is 6.13. The summed E-state index contributed by atoms with van der Waals surface area (Å²) in [6, 6.07) is 10.7. The number of hydrogen-bond acceptors (Lipinski definition) is 1. The maximum atomic E-state index is 6.13. The van der Waals surface area contributed by atoms with Crippen molar-refractivity contribution >= 4 is 18.4 Å². The van der Waals surface area contributed by atoms with E-state index in [9.17, 15) is 0 Å². The fourth-order valence-electron chi connectivity index (χ4n) is 2.76. The summed E-state index contributed by atoms with van der Waals surface area (Å²) >= 11 is -1.77. The van der Waals surface area contributed by atoms with Gasteiger partial charge in [0, 0.05) is 0 Å². The molecule has 0 amide bonds. The third-order valence-electron chi connectivity index (χ3n) is 3.99. The molecule has 1 heterocycles. The van der Waals surface area contributed by atoms with Gasteiger partial charge in [0.15, 0.2) is 0 Å². The van der Waals surface area contributed by atoms with Gasteiger partial charge in [-0.2, -0.15) is 0 Å². The zero-order chi connectivity index (χ0) is 14.6. The van der Waals surface area contributed by atoms with E-state index >= 15 is 0 Å². The monoisotopic (exact) mass is 380 g/mol.